The molecule has 0 aliphatic carbocycles. The number of para-hydroxylation sites is 2. The molecule has 2 nitrogen and oxygen atoms in total. The lowest BCUT2D eigenvalue weighted by Crippen LogP contribution is -3.00. The molecule has 5 heteroatoms. The first kappa shape index (κ1) is 14.7. The topological polar surface area (TPSA) is 8.81 Å². The molecular formula is C15H13BrF2N2. The fraction of sp³-hybridized carbons (Fsp3) is 0.133. The standard InChI is InChI=1S/C15H13F2N2.BrH/c16-15(17)19-11-18(10-12-6-2-1-3-7-12)13-8-4-5-9-14(13)19;/h1-9,11,15H,10H2;1H/q+1;/p-1. The molecule has 0 fully saturated rings. The van der Waals surface area contributed by atoms with E-state index in [4.69, 9.17) is 0 Å². The van der Waals surface area contributed by atoms with E-state index < -0.39 is 6.55 Å². The Morgan fingerprint density at radius 1 is 0.950 bits per heavy atom. The molecule has 0 bridgehead atoms. The Labute approximate surface area is 126 Å². The van der Waals surface area contributed by atoms with Gasteiger partial charge in [0, 0.05) is 0 Å². The van der Waals surface area contributed by atoms with Crippen LogP contribution in [0.1, 0.15) is 12.1 Å². The van der Waals surface area contributed by atoms with E-state index in [1.54, 1.807) is 12.1 Å². The molecule has 0 spiro atoms. The van der Waals surface area contributed by atoms with Crippen LogP contribution in [-0.4, -0.2) is 4.57 Å². The number of hydrogen-bond donors (Lipinski definition) is 0. The van der Waals surface area contributed by atoms with Crippen molar-refractivity contribution < 1.29 is 30.3 Å². The van der Waals surface area contributed by atoms with Gasteiger partial charge in [-0.15, -0.1) is 0 Å². The molecule has 0 aliphatic heterocycles. The number of nitrogens with zero attached hydrogens (tertiary/aromatic N) is 2. The van der Waals surface area contributed by atoms with Gasteiger partial charge in [-0.3, -0.25) is 0 Å². The summed E-state index contributed by atoms with van der Waals surface area (Å²) in [5, 5.41) is 0. The number of aromatic nitrogens is 2. The van der Waals surface area contributed by atoms with Crippen LogP contribution in [0.4, 0.5) is 8.78 Å². The van der Waals surface area contributed by atoms with Crippen LogP contribution in [0, 0.1) is 0 Å². The number of imidazole rings is 1. The molecule has 0 radical (unpaired) electrons. The number of fused-ring (bicyclic) bond motifs is 1. The quantitative estimate of drug-likeness (QED) is 0.610. The van der Waals surface area contributed by atoms with Gasteiger partial charge in [-0.1, -0.05) is 42.5 Å². The maximum atomic E-state index is 13.0. The summed E-state index contributed by atoms with van der Waals surface area (Å²) < 4.78 is 28.8. The molecule has 0 unspecified atom stereocenters. The zero-order valence-electron chi connectivity index (χ0n) is 10.6. The smallest absolute Gasteiger partial charge is 0.387 e. The highest BCUT2D eigenvalue weighted by molar-refractivity contribution is 5.71. The Morgan fingerprint density at radius 2 is 1.60 bits per heavy atom. The van der Waals surface area contributed by atoms with Gasteiger partial charge < -0.3 is 17.0 Å². The molecule has 0 saturated carbocycles. The summed E-state index contributed by atoms with van der Waals surface area (Å²) in [6.07, 6.45) is 1.47. The first-order valence-electron chi connectivity index (χ1n) is 6.07. The number of halogens is 3. The number of benzene rings is 2. The van der Waals surface area contributed by atoms with Gasteiger partial charge in [0.2, 0.25) is 6.33 Å². The van der Waals surface area contributed by atoms with Gasteiger partial charge in [-0.25, -0.2) is 4.57 Å². The van der Waals surface area contributed by atoms with Crippen LogP contribution in [0.3, 0.4) is 0 Å². The van der Waals surface area contributed by atoms with Crippen molar-refractivity contribution in [2.75, 3.05) is 0 Å². The van der Waals surface area contributed by atoms with Crippen LogP contribution in [0.5, 0.6) is 0 Å². The van der Waals surface area contributed by atoms with Gasteiger partial charge in [0.25, 0.3) is 0 Å². The van der Waals surface area contributed by atoms with Crippen molar-refractivity contribution in [1.29, 1.82) is 0 Å². The third-order valence-electron chi connectivity index (χ3n) is 3.14. The van der Waals surface area contributed by atoms with Gasteiger partial charge in [0.05, 0.1) is 0 Å². The molecule has 1 aromatic heterocycles. The highest BCUT2D eigenvalue weighted by Crippen LogP contribution is 2.18. The first-order valence-corrected chi connectivity index (χ1v) is 6.07. The monoisotopic (exact) mass is 338 g/mol. The lowest BCUT2D eigenvalue weighted by molar-refractivity contribution is -0.663. The second-order valence-corrected chi connectivity index (χ2v) is 4.40. The van der Waals surface area contributed by atoms with Crippen LogP contribution in [-0.2, 0) is 6.54 Å². The molecule has 1 heterocycles. The average Bonchev–Trinajstić information content (AvgIpc) is 2.79. The van der Waals surface area contributed by atoms with E-state index in [0.717, 1.165) is 15.6 Å². The minimum atomic E-state index is -2.53. The highest BCUT2D eigenvalue weighted by atomic mass is 79.9. The maximum absolute atomic E-state index is 13.0. The second-order valence-electron chi connectivity index (χ2n) is 4.40. The molecule has 0 N–H and O–H groups in total. The highest BCUT2D eigenvalue weighted by Gasteiger charge is 2.21. The van der Waals surface area contributed by atoms with Crippen molar-refractivity contribution in [3.63, 3.8) is 0 Å². The molecule has 2 aromatic carbocycles. The second kappa shape index (κ2) is 6.13. The summed E-state index contributed by atoms with van der Waals surface area (Å²) in [4.78, 5) is 0. The van der Waals surface area contributed by atoms with E-state index in [0.29, 0.717) is 12.1 Å². The van der Waals surface area contributed by atoms with Gasteiger partial charge in [0.1, 0.15) is 6.54 Å². The van der Waals surface area contributed by atoms with Crippen molar-refractivity contribution in [2.45, 2.75) is 13.1 Å². The van der Waals surface area contributed by atoms with E-state index in [1.165, 1.54) is 6.33 Å². The van der Waals surface area contributed by atoms with E-state index >= 15 is 0 Å². The third kappa shape index (κ3) is 2.72. The zero-order chi connectivity index (χ0) is 13.2. The number of hydrogen-bond acceptors (Lipinski definition) is 0. The molecule has 104 valence electrons. The van der Waals surface area contributed by atoms with Crippen molar-refractivity contribution in [3.05, 3.63) is 66.5 Å². The Hall–Kier alpha value is -1.75. The molecule has 0 atom stereocenters. The molecule has 0 aliphatic rings. The van der Waals surface area contributed by atoms with E-state index in [2.05, 4.69) is 0 Å². The normalized spacial score (nSPS) is 10.8. The van der Waals surface area contributed by atoms with Crippen LogP contribution in [0.25, 0.3) is 11.0 Å². The summed E-state index contributed by atoms with van der Waals surface area (Å²) in [5.41, 5.74) is 2.45. The zero-order valence-corrected chi connectivity index (χ0v) is 12.2. The summed E-state index contributed by atoms with van der Waals surface area (Å²) in [5.74, 6) is 0. The SMILES string of the molecule is FC(F)n1c[n+](Cc2ccccc2)c2ccccc21.[Br-]. The summed E-state index contributed by atoms with van der Waals surface area (Å²) in [6, 6.07) is 17.0. The largest absolute Gasteiger partial charge is 1.00 e. The minimum Gasteiger partial charge on any atom is -1.00 e. The van der Waals surface area contributed by atoms with E-state index in [-0.39, 0.29) is 17.0 Å². The van der Waals surface area contributed by atoms with Crippen LogP contribution >= 0.6 is 0 Å². The predicted octanol–water partition coefficient (Wildman–Crippen LogP) is 0.376. The molecule has 20 heavy (non-hydrogen) atoms. The Kier molecular flexibility index (Phi) is 4.49. The first-order chi connectivity index (χ1) is 9.25. The predicted molar refractivity (Wildman–Crippen MR) is 68.9 cm³/mol. The van der Waals surface area contributed by atoms with Crippen molar-refractivity contribution >= 4 is 11.0 Å². The molecule has 0 amide bonds. The Morgan fingerprint density at radius 3 is 2.30 bits per heavy atom. The lowest BCUT2D eigenvalue weighted by atomic mass is 10.2. The summed E-state index contributed by atoms with van der Waals surface area (Å²) >= 11 is 0. The lowest BCUT2D eigenvalue weighted by Gasteiger charge is -1.97. The summed E-state index contributed by atoms with van der Waals surface area (Å²) in [6.45, 7) is -1.94. The van der Waals surface area contributed by atoms with Crippen molar-refractivity contribution in [3.8, 4) is 0 Å². The van der Waals surface area contributed by atoms with Gasteiger partial charge in [-0.2, -0.15) is 13.3 Å². The molecule has 0 saturated heterocycles. The van der Waals surface area contributed by atoms with E-state index in [9.17, 15) is 8.78 Å². The molecule has 3 aromatic rings. The number of alkyl halides is 2. The fourth-order valence-corrected chi connectivity index (χ4v) is 2.26. The Bertz CT molecular complexity index is 695. The maximum Gasteiger partial charge on any atom is 0.387 e. The minimum absolute atomic E-state index is 0. The summed E-state index contributed by atoms with van der Waals surface area (Å²) in [7, 11) is 0. The van der Waals surface area contributed by atoms with Crippen molar-refractivity contribution in [2.24, 2.45) is 0 Å². The van der Waals surface area contributed by atoms with Gasteiger partial charge >= 0.3 is 6.55 Å². The Balaban J connectivity index is 0.00000147. The molecular weight excluding hydrogens is 326 g/mol. The van der Waals surface area contributed by atoms with Crippen LogP contribution in [0.15, 0.2) is 60.9 Å². The fourth-order valence-electron chi connectivity index (χ4n) is 2.26. The van der Waals surface area contributed by atoms with Gasteiger partial charge in [-0.05, 0) is 17.7 Å². The van der Waals surface area contributed by atoms with Crippen LogP contribution < -0.4 is 21.5 Å². The van der Waals surface area contributed by atoms with Gasteiger partial charge in [0.15, 0.2) is 11.0 Å². The van der Waals surface area contributed by atoms with Crippen molar-refractivity contribution in [1.82, 2.24) is 4.57 Å². The average molecular weight is 339 g/mol. The van der Waals surface area contributed by atoms with E-state index in [1.807, 2.05) is 47.0 Å². The van der Waals surface area contributed by atoms with Crippen LogP contribution in [0.2, 0.25) is 0 Å². The third-order valence-corrected chi connectivity index (χ3v) is 3.14. The molecule has 3 rings (SSSR count). The number of rotatable bonds is 3.